The summed E-state index contributed by atoms with van der Waals surface area (Å²) in [5.74, 6) is -1.24. The molecule has 0 aromatic heterocycles. The molecule has 0 N–H and O–H groups in total. The quantitative estimate of drug-likeness (QED) is 0.641. The maximum Gasteiger partial charge on any atom is 0.416 e. The molecule has 20 heavy (non-hydrogen) atoms. The molecule has 1 aliphatic carbocycles. The van der Waals surface area contributed by atoms with Crippen LogP contribution >= 0.6 is 0 Å². The molecule has 2 heterocycles. The van der Waals surface area contributed by atoms with Gasteiger partial charge in [0.05, 0.1) is 12.5 Å². The van der Waals surface area contributed by atoms with Crippen molar-refractivity contribution in [1.29, 1.82) is 0 Å². The topological polar surface area (TPSA) is 55.8 Å². The molecule has 3 rings (SSSR count). The van der Waals surface area contributed by atoms with Crippen molar-refractivity contribution in [2.75, 3.05) is 7.11 Å². The minimum atomic E-state index is -0.744. The van der Waals surface area contributed by atoms with E-state index in [1.54, 1.807) is 0 Å². The smallest absolute Gasteiger partial charge is 0.416 e. The van der Waals surface area contributed by atoms with E-state index in [0.717, 1.165) is 30.4 Å². The molecule has 2 atom stereocenters. The second-order valence-electron chi connectivity index (χ2n) is 5.76. The Morgan fingerprint density at radius 3 is 2.80 bits per heavy atom. The summed E-state index contributed by atoms with van der Waals surface area (Å²) in [6, 6.07) is 0. The van der Waals surface area contributed by atoms with E-state index in [1.807, 2.05) is 0 Å². The molecule has 0 aromatic rings. The molecule has 1 spiro atoms. The molecule has 5 nitrogen and oxygen atoms in total. The number of hydrogen-bond donors (Lipinski definition) is 0. The summed E-state index contributed by atoms with van der Waals surface area (Å²) < 4.78 is 24.4. The largest absolute Gasteiger partial charge is 0.452 e. The zero-order valence-electron chi connectivity index (χ0n) is 11.4. The van der Waals surface area contributed by atoms with Crippen molar-refractivity contribution in [3.05, 3.63) is 12.0 Å². The monoisotopic (exact) mass is 283 g/mol. The highest BCUT2D eigenvalue weighted by Gasteiger charge is 2.57. The Labute approximate surface area is 116 Å². The van der Waals surface area contributed by atoms with Gasteiger partial charge in [-0.15, -0.1) is 0 Å². The Kier molecular flexibility index (Phi) is 3.18. The lowest BCUT2D eigenvalue weighted by atomic mass is 9.62. The van der Waals surface area contributed by atoms with Gasteiger partial charge in [0.2, 0.25) is 0 Å². The molecule has 0 radical (unpaired) electrons. The van der Waals surface area contributed by atoms with Gasteiger partial charge in [-0.1, -0.05) is 19.3 Å². The van der Waals surface area contributed by atoms with Crippen molar-refractivity contribution in [2.24, 2.45) is 11.3 Å². The zero-order chi connectivity index (χ0) is 14.3. The molecular formula is C14H18FNO4. The summed E-state index contributed by atoms with van der Waals surface area (Å²) in [6.45, 7) is 0. The van der Waals surface area contributed by atoms with E-state index in [1.165, 1.54) is 7.11 Å². The van der Waals surface area contributed by atoms with Crippen LogP contribution in [0.5, 0.6) is 0 Å². The number of hydrogen-bond acceptors (Lipinski definition) is 4. The molecule has 0 aromatic carbocycles. The van der Waals surface area contributed by atoms with Gasteiger partial charge in [0.1, 0.15) is 5.83 Å². The number of ether oxygens (including phenoxy) is 2. The third kappa shape index (κ3) is 1.81. The van der Waals surface area contributed by atoms with Crippen LogP contribution in [0.1, 0.15) is 38.5 Å². The fraction of sp³-hybridized carbons (Fsp3) is 0.714. The number of fused-ring (bicyclic) bond motifs is 3. The standard InChI is InChI=1S/C14H18FNO4/c1-19-13(18)16-8-10(15)9-7-11(16)20-12(17)14(9)5-3-2-4-6-14/h8-9,11H,2-7H2,1H3/t9-,11+/m0/s1. The Bertz CT molecular complexity index is 470. The van der Waals surface area contributed by atoms with Crippen molar-refractivity contribution in [3.8, 4) is 0 Å². The van der Waals surface area contributed by atoms with Crippen molar-refractivity contribution >= 4 is 12.1 Å². The average Bonchev–Trinajstić information content (AvgIpc) is 2.47. The molecule has 0 unspecified atom stereocenters. The van der Waals surface area contributed by atoms with Gasteiger partial charge in [0, 0.05) is 18.5 Å². The van der Waals surface area contributed by atoms with Gasteiger partial charge < -0.3 is 9.47 Å². The first kappa shape index (κ1) is 13.4. The van der Waals surface area contributed by atoms with Gasteiger partial charge in [-0.3, -0.25) is 4.79 Å². The van der Waals surface area contributed by atoms with Crippen LogP contribution in [0.4, 0.5) is 9.18 Å². The number of carbonyl (C=O) groups is 2. The molecule has 110 valence electrons. The predicted molar refractivity (Wildman–Crippen MR) is 66.9 cm³/mol. The van der Waals surface area contributed by atoms with E-state index in [2.05, 4.69) is 4.74 Å². The van der Waals surface area contributed by atoms with E-state index >= 15 is 0 Å². The first-order valence-corrected chi connectivity index (χ1v) is 7.03. The predicted octanol–water partition coefficient (Wildman–Crippen LogP) is 2.72. The number of amides is 1. The van der Waals surface area contributed by atoms with Gasteiger partial charge in [-0.25, -0.2) is 14.1 Å². The number of methoxy groups -OCH3 is 1. The van der Waals surface area contributed by atoms with Crippen LogP contribution in [-0.4, -0.2) is 30.3 Å². The van der Waals surface area contributed by atoms with Crippen molar-refractivity contribution in [3.63, 3.8) is 0 Å². The molecule has 1 saturated carbocycles. The highest BCUT2D eigenvalue weighted by Crippen LogP contribution is 2.53. The van der Waals surface area contributed by atoms with Crippen LogP contribution in [0.25, 0.3) is 0 Å². The SMILES string of the molecule is COC(=O)N1C=C(F)[C@@H]2C[C@H]1OC(=O)C21CCCCC1. The Morgan fingerprint density at radius 2 is 2.15 bits per heavy atom. The summed E-state index contributed by atoms with van der Waals surface area (Å²) in [5.41, 5.74) is -0.725. The summed E-state index contributed by atoms with van der Waals surface area (Å²) >= 11 is 0. The van der Waals surface area contributed by atoms with Crippen LogP contribution < -0.4 is 0 Å². The van der Waals surface area contributed by atoms with Crippen LogP contribution in [0.2, 0.25) is 0 Å². The van der Waals surface area contributed by atoms with Gasteiger partial charge in [0.25, 0.3) is 0 Å². The number of carbonyl (C=O) groups excluding carboxylic acids is 2. The van der Waals surface area contributed by atoms with Gasteiger partial charge in [0.15, 0.2) is 6.23 Å². The fourth-order valence-electron chi connectivity index (χ4n) is 3.72. The minimum absolute atomic E-state index is 0.323. The minimum Gasteiger partial charge on any atom is -0.452 e. The van der Waals surface area contributed by atoms with Gasteiger partial charge in [-0.2, -0.15) is 0 Å². The number of rotatable bonds is 0. The molecule has 2 bridgehead atoms. The summed E-state index contributed by atoms with van der Waals surface area (Å²) in [6.07, 6.45) is 4.25. The maximum atomic E-state index is 14.4. The lowest BCUT2D eigenvalue weighted by molar-refractivity contribution is -0.193. The molecule has 3 aliphatic rings. The Balaban J connectivity index is 1.95. The molecular weight excluding hydrogens is 265 g/mol. The van der Waals surface area contributed by atoms with Crippen LogP contribution in [0, 0.1) is 11.3 Å². The van der Waals surface area contributed by atoms with E-state index in [-0.39, 0.29) is 5.97 Å². The van der Waals surface area contributed by atoms with Crippen molar-refractivity contribution in [2.45, 2.75) is 44.8 Å². The fourth-order valence-corrected chi connectivity index (χ4v) is 3.72. The summed E-state index contributed by atoms with van der Waals surface area (Å²) in [7, 11) is 1.22. The van der Waals surface area contributed by atoms with E-state index in [0.29, 0.717) is 19.3 Å². The third-order valence-electron chi connectivity index (χ3n) is 4.79. The van der Waals surface area contributed by atoms with Crippen LogP contribution in [-0.2, 0) is 14.3 Å². The second-order valence-corrected chi connectivity index (χ2v) is 5.76. The molecule has 6 heteroatoms. The highest BCUT2D eigenvalue weighted by atomic mass is 19.1. The van der Waals surface area contributed by atoms with Crippen LogP contribution in [0.3, 0.4) is 0 Å². The van der Waals surface area contributed by atoms with Crippen molar-refractivity contribution in [1.82, 2.24) is 4.90 Å². The lowest BCUT2D eigenvalue weighted by Gasteiger charge is -2.49. The number of allylic oxidation sites excluding steroid dienone is 1. The van der Waals surface area contributed by atoms with E-state index in [9.17, 15) is 14.0 Å². The third-order valence-corrected chi connectivity index (χ3v) is 4.79. The second kappa shape index (κ2) is 4.75. The van der Waals surface area contributed by atoms with Crippen molar-refractivity contribution < 1.29 is 23.5 Å². The van der Waals surface area contributed by atoms with Crippen LogP contribution in [0.15, 0.2) is 12.0 Å². The molecule has 2 fully saturated rings. The molecule has 1 saturated heterocycles. The molecule has 1 amide bonds. The average molecular weight is 283 g/mol. The van der Waals surface area contributed by atoms with Gasteiger partial charge >= 0.3 is 12.1 Å². The molecule has 2 aliphatic heterocycles. The number of halogens is 1. The first-order valence-electron chi connectivity index (χ1n) is 7.03. The maximum absolute atomic E-state index is 14.4. The number of esters is 1. The zero-order valence-corrected chi connectivity index (χ0v) is 11.4. The normalized spacial score (nSPS) is 31.6. The summed E-state index contributed by atoms with van der Waals surface area (Å²) in [5, 5.41) is 0. The number of nitrogens with zero attached hydrogens (tertiary/aromatic N) is 1. The van der Waals surface area contributed by atoms with E-state index in [4.69, 9.17) is 4.74 Å². The Morgan fingerprint density at radius 1 is 1.45 bits per heavy atom. The highest BCUT2D eigenvalue weighted by molar-refractivity contribution is 5.80. The van der Waals surface area contributed by atoms with E-state index < -0.39 is 29.5 Å². The lowest BCUT2D eigenvalue weighted by Crippen LogP contribution is -2.56. The van der Waals surface area contributed by atoms with Gasteiger partial charge in [-0.05, 0) is 12.8 Å². The summed E-state index contributed by atoms with van der Waals surface area (Å²) in [4.78, 5) is 25.0. The Hall–Kier alpha value is -1.59. The first-order chi connectivity index (χ1) is 9.58.